The molecule has 1 heterocycles. The lowest BCUT2D eigenvalue weighted by molar-refractivity contribution is -0.150. The zero-order valence-corrected chi connectivity index (χ0v) is 19.6. The first-order valence-corrected chi connectivity index (χ1v) is 12.7. The summed E-state index contributed by atoms with van der Waals surface area (Å²) in [5, 5.41) is 3.29. The molecule has 2 aromatic carbocycles. The Hall–Kier alpha value is -2.60. The maximum Gasteiger partial charge on any atom is 0.509 e. The van der Waals surface area contributed by atoms with Gasteiger partial charge in [-0.1, -0.05) is 60.7 Å². The average Bonchev–Trinajstić information content (AvgIpc) is 3.37. The molecule has 1 aliphatic rings. The van der Waals surface area contributed by atoms with Crippen LogP contribution in [0.15, 0.2) is 60.7 Å². The molecule has 0 amide bonds. The standard InChI is InChI=1S/C25H31NO6P/c27-24(30-16-20-8-3-1-4-9-20)14-13-22(19-33(29)32-18-23-12-7-15-26-23)25(28)31-17-21-10-5-2-6-11-21/h1-6,8-11,22-23,26H,7,12-19H2/q+1/t22?,23-/m0/s1. The molecular weight excluding hydrogens is 441 g/mol. The number of nitrogens with one attached hydrogen (secondary N) is 1. The maximum absolute atomic E-state index is 12.7. The molecule has 1 fully saturated rings. The molecule has 2 aromatic rings. The van der Waals surface area contributed by atoms with Crippen molar-refractivity contribution in [2.75, 3.05) is 19.3 Å². The number of carbonyl (C=O) groups excluding carboxylic acids is 2. The van der Waals surface area contributed by atoms with E-state index in [9.17, 15) is 14.2 Å². The Morgan fingerprint density at radius 2 is 1.61 bits per heavy atom. The molecule has 0 radical (unpaired) electrons. The number of rotatable bonds is 13. The van der Waals surface area contributed by atoms with Crippen LogP contribution >= 0.6 is 8.03 Å². The van der Waals surface area contributed by atoms with Crippen LogP contribution in [-0.4, -0.2) is 37.3 Å². The van der Waals surface area contributed by atoms with Gasteiger partial charge in [-0.15, -0.1) is 4.52 Å². The Labute approximate surface area is 195 Å². The summed E-state index contributed by atoms with van der Waals surface area (Å²) in [7, 11) is -2.05. The number of carbonyl (C=O) groups is 2. The first-order valence-electron chi connectivity index (χ1n) is 11.3. The first kappa shape index (κ1) is 25.0. The molecule has 1 N–H and O–H groups in total. The summed E-state index contributed by atoms with van der Waals surface area (Å²) in [6.45, 7) is 1.58. The van der Waals surface area contributed by atoms with Crippen molar-refractivity contribution in [3.05, 3.63) is 71.8 Å². The van der Waals surface area contributed by atoms with Crippen LogP contribution in [0.4, 0.5) is 0 Å². The zero-order valence-electron chi connectivity index (χ0n) is 18.7. The van der Waals surface area contributed by atoms with Gasteiger partial charge in [0, 0.05) is 12.5 Å². The Morgan fingerprint density at radius 3 is 2.21 bits per heavy atom. The van der Waals surface area contributed by atoms with E-state index >= 15 is 0 Å². The minimum Gasteiger partial charge on any atom is -0.461 e. The lowest BCUT2D eigenvalue weighted by Gasteiger charge is -2.12. The Morgan fingerprint density at radius 1 is 0.970 bits per heavy atom. The summed E-state index contributed by atoms with van der Waals surface area (Å²) < 4.78 is 28.8. The Balaban J connectivity index is 1.49. The number of hydrogen-bond donors (Lipinski definition) is 1. The number of benzene rings is 2. The van der Waals surface area contributed by atoms with E-state index in [1.165, 1.54) is 0 Å². The van der Waals surface area contributed by atoms with Crippen molar-refractivity contribution in [2.24, 2.45) is 5.92 Å². The quantitative estimate of drug-likeness (QED) is 0.342. The SMILES string of the molecule is O=C(CCC(C[P+](=O)OC[C@@H]1CCCN1)C(=O)OCc1ccccc1)OCc1ccccc1. The maximum atomic E-state index is 12.7. The Bertz CT molecular complexity index is 886. The van der Waals surface area contributed by atoms with Gasteiger partial charge in [-0.2, -0.15) is 0 Å². The van der Waals surface area contributed by atoms with E-state index in [0.29, 0.717) is 6.61 Å². The molecule has 0 aromatic heterocycles. The fourth-order valence-electron chi connectivity index (χ4n) is 3.54. The summed E-state index contributed by atoms with van der Waals surface area (Å²) in [4.78, 5) is 25.0. The van der Waals surface area contributed by atoms with E-state index in [4.69, 9.17) is 14.0 Å². The van der Waals surface area contributed by atoms with Crippen LogP contribution in [0, 0.1) is 5.92 Å². The predicted molar refractivity (Wildman–Crippen MR) is 125 cm³/mol. The fraction of sp³-hybridized carbons (Fsp3) is 0.440. The lowest BCUT2D eigenvalue weighted by atomic mass is 10.1. The molecule has 7 nitrogen and oxygen atoms in total. The van der Waals surface area contributed by atoms with Gasteiger partial charge in [-0.3, -0.25) is 9.59 Å². The molecular formula is C25H31NO6P+. The highest BCUT2D eigenvalue weighted by molar-refractivity contribution is 7.39. The van der Waals surface area contributed by atoms with Crippen LogP contribution in [-0.2, 0) is 41.4 Å². The largest absolute Gasteiger partial charge is 0.509 e. The molecule has 8 heteroatoms. The van der Waals surface area contributed by atoms with Gasteiger partial charge in [0.25, 0.3) is 0 Å². The summed E-state index contributed by atoms with van der Waals surface area (Å²) in [5.41, 5.74) is 1.75. The average molecular weight is 472 g/mol. The second kappa shape index (κ2) is 13.8. The zero-order chi connectivity index (χ0) is 23.3. The van der Waals surface area contributed by atoms with Gasteiger partial charge < -0.3 is 14.8 Å². The van der Waals surface area contributed by atoms with Crippen molar-refractivity contribution in [1.29, 1.82) is 0 Å². The third-order valence-corrected chi connectivity index (χ3v) is 6.62. The molecule has 0 spiro atoms. The normalized spacial score (nSPS) is 16.7. The van der Waals surface area contributed by atoms with Gasteiger partial charge in [0.05, 0.1) is 0 Å². The highest BCUT2D eigenvalue weighted by atomic mass is 31.1. The minimum atomic E-state index is -2.05. The summed E-state index contributed by atoms with van der Waals surface area (Å²) in [6, 6.07) is 18.9. The highest BCUT2D eigenvalue weighted by Crippen LogP contribution is 2.29. The molecule has 0 aliphatic carbocycles. The number of esters is 2. The van der Waals surface area contributed by atoms with Gasteiger partial charge in [-0.25, -0.2) is 0 Å². The van der Waals surface area contributed by atoms with E-state index in [-0.39, 0.29) is 38.3 Å². The van der Waals surface area contributed by atoms with E-state index in [1.54, 1.807) is 0 Å². The van der Waals surface area contributed by atoms with Gasteiger partial charge >= 0.3 is 20.0 Å². The van der Waals surface area contributed by atoms with Gasteiger partial charge in [0.2, 0.25) is 0 Å². The topological polar surface area (TPSA) is 90.9 Å². The molecule has 0 bridgehead atoms. The highest BCUT2D eigenvalue weighted by Gasteiger charge is 2.33. The van der Waals surface area contributed by atoms with Crippen LogP contribution in [0.5, 0.6) is 0 Å². The summed E-state index contributed by atoms with van der Waals surface area (Å²) in [6.07, 6.45) is 2.30. The van der Waals surface area contributed by atoms with Gasteiger partial charge in [0.1, 0.15) is 25.7 Å². The number of hydrogen-bond acceptors (Lipinski definition) is 7. The van der Waals surface area contributed by atoms with Crippen molar-refractivity contribution >= 4 is 20.0 Å². The monoisotopic (exact) mass is 472 g/mol. The molecule has 33 heavy (non-hydrogen) atoms. The van der Waals surface area contributed by atoms with Crippen molar-refractivity contribution in [1.82, 2.24) is 5.32 Å². The molecule has 1 aliphatic heterocycles. The van der Waals surface area contributed by atoms with Crippen molar-refractivity contribution < 1.29 is 28.2 Å². The van der Waals surface area contributed by atoms with Crippen LogP contribution in [0.3, 0.4) is 0 Å². The summed E-state index contributed by atoms with van der Waals surface area (Å²) >= 11 is 0. The predicted octanol–water partition coefficient (Wildman–Crippen LogP) is 4.38. The van der Waals surface area contributed by atoms with Crippen LogP contribution in [0.1, 0.15) is 36.8 Å². The third kappa shape index (κ3) is 9.42. The van der Waals surface area contributed by atoms with Crippen LogP contribution in [0.25, 0.3) is 0 Å². The van der Waals surface area contributed by atoms with E-state index in [0.717, 1.165) is 30.5 Å². The Kier molecular flexibility index (Phi) is 10.5. The third-order valence-electron chi connectivity index (χ3n) is 5.45. The van der Waals surface area contributed by atoms with E-state index in [2.05, 4.69) is 5.32 Å². The van der Waals surface area contributed by atoms with Gasteiger partial charge in [0.15, 0.2) is 6.16 Å². The lowest BCUT2D eigenvalue weighted by Crippen LogP contribution is -2.26. The molecule has 3 rings (SSSR count). The number of ether oxygens (including phenoxy) is 2. The smallest absolute Gasteiger partial charge is 0.461 e. The van der Waals surface area contributed by atoms with Crippen LogP contribution in [0.2, 0.25) is 0 Å². The van der Waals surface area contributed by atoms with Crippen molar-refractivity contribution in [3.8, 4) is 0 Å². The van der Waals surface area contributed by atoms with Gasteiger partial charge in [-0.05, 0) is 41.5 Å². The minimum absolute atomic E-state index is 0.0155. The van der Waals surface area contributed by atoms with Crippen molar-refractivity contribution in [2.45, 2.75) is 44.9 Å². The second-order valence-electron chi connectivity index (χ2n) is 8.08. The first-order chi connectivity index (χ1) is 16.1. The van der Waals surface area contributed by atoms with E-state index < -0.39 is 25.9 Å². The van der Waals surface area contributed by atoms with E-state index in [1.807, 2.05) is 60.7 Å². The molecule has 3 atom stereocenters. The fourth-order valence-corrected chi connectivity index (χ4v) is 4.68. The van der Waals surface area contributed by atoms with Crippen molar-refractivity contribution in [3.63, 3.8) is 0 Å². The second-order valence-corrected chi connectivity index (χ2v) is 9.37. The molecule has 0 saturated carbocycles. The van der Waals surface area contributed by atoms with Crippen LogP contribution < -0.4 is 5.32 Å². The molecule has 1 saturated heterocycles. The summed E-state index contributed by atoms with van der Waals surface area (Å²) in [5.74, 6) is -1.61. The molecule has 176 valence electrons. The molecule has 2 unspecified atom stereocenters.